The summed E-state index contributed by atoms with van der Waals surface area (Å²) in [6.07, 6.45) is 15.8. The fourth-order valence-corrected chi connectivity index (χ4v) is 6.30. The van der Waals surface area contributed by atoms with Crippen LogP contribution in [0.2, 0.25) is 0 Å². The quantitative estimate of drug-likeness (QED) is 0.481. The monoisotopic (exact) mass is 405 g/mol. The lowest BCUT2D eigenvalue weighted by Gasteiger charge is -2.55. The predicted octanol–water partition coefficient (Wildman–Crippen LogP) is 4.33. The Balaban J connectivity index is 1.69. The third kappa shape index (κ3) is 3.83. The number of aliphatic hydroxyl groups excluding tert-OH is 1. The van der Waals surface area contributed by atoms with Crippen molar-refractivity contribution >= 4 is 17.6 Å². The number of cyclic esters (lactones) is 1. The van der Waals surface area contributed by atoms with Crippen LogP contribution in [0.3, 0.4) is 0 Å². The Morgan fingerprint density at radius 1 is 1.25 bits per heavy atom. The van der Waals surface area contributed by atoms with Gasteiger partial charge in [0.25, 0.3) is 0 Å². The summed E-state index contributed by atoms with van der Waals surface area (Å²) in [5.41, 5.74) is 0.979. The van der Waals surface area contributed by atoms with E-state index < -0.39 is 6.10 Å². The molecule has 4 nitrogen and oxygen atoms in total. The van der Waals surface area contributed by atoms with Gasteiger partial charge in [0.2, 0.25) is 0 Å². The molecule has 1 aliphatic carbocycles. The molecule has 1 N–H and O–H groups in total. The van der Waals surface area contributed by atoms with Crippen molar-refractivity contribution in [3.63, 3.8) is 0 Å². The number of esters is 1. The van der Waals surface area contributed by atoms with Crippen LogP contribution in [0, 0.1) is 11.8 Å². The number of fused-ring (bicyclic) bond motifs is 1. The first kappa shape index (κ1) is 20.2. The maximum atomic E-state index is 12.7. The van der Waals surface area contributed by atoms with Gasteiger partial charge in [-0.1, -0.05) is 49.6 Å². The van der Waals surface area contributed by atoms with Crippen molar-refractivity contribution in [2.24, 2.45) is 11.8 Å². The van der Waals surface area contributed by atoms with Crippen LogP contribution in [0.15, 0.2) is 34.9 Å². The van der Waals surface area contributed by atoms with Crippen molar-refractivity contribution in [1.82, 2.24) is 4.90 Å². The molecular weight excluding hydrogens is 374 g/mol. The van der Waals surface area contributed by atoms with Crippen molar-refractivity contribution in [1.29, 1.82) is 0 Å². The molecule has 1 saturated carbocycles. The highest BCUT2D eigenvalue weighted by atomic mass is 35.5. The molecule has 2 fully saturated rings. The molecule has 0 aromatic heterocycles. The Kier molecular flexibility index (Phi) is 6.01. The zero-order valence-corrected chi connectivity index (χ0v) is 17.5. The summed E-state index contributed by atoms with van der Waals surface area (Å²) in [7, 11) is 0. The Hall–Kier alpha value is -1.10. The second kappa shape index (κ2) is 8.33. The number of nitrogens with zero attached hydrogens (tertiary/aromatic N) is 1. The molecule has 1 unspecified atom stereocenters. The minimum atomic E-state index is -0.700. The molecule has 0 aromatic rings. The number of hydrogen-bond donors (Lipinski definition) is 1. The fraction of sp³-hybridized carbons (Fsp3) is 0.696. The number of carbonyl (C=O) groups is 1. The van der Waals surface area contributed by atoms with Crippen LogP contribution in [-0.4, -0.2) is 46.8 Å². The van der Waals surface area contributed by atoms with E-state index in [9.17, 15) is 9.90 Å². The van der Waals surface area contributed by atoms with Crippen molar-refractivity contribution < 1.29 is 14.6 Å². The van der Waals surface area contributed by atoms with Gasteiger partial charge in [0.15, 0.2) is 0 Å². The third-order valence-electron chi connectivity index (χ3n) is 7.39. The number of allylic oxidation sites excluding steroid dienone is 1. The van der Waals surface area contributed by atoms with Gasteiger partial charge in [-0.05, 0) is 50.0 Å². The number of ether oxygens (including phenoxy) is 1. The van der Waals surface area contributed by atoms with Crippen LogP contribution >= 0.6 is 11.6 Å². The van der Waals surface area contributed by atoms with Gasteiger partial charge in [-0.3, -0.25) is 4.90 Å². The number of aliphatic hydroxyl groups is 1. The van der Waals surface area contributed by atoms with Gasteiger partial charge in [-0.25, -0.2) is 4.79 Å². The largest absolute Gasteiger partial charge is 0.462 e. The third-order valence-corrected chi connectivity index (χ3v) is 7.70. The first-order valence-corrected chi connectivity index (χ1v) is 11.2. The Bertz CT molecular complexity index is 700. The second-order valence-corrected chi connectivity index (χ2v) is 9.46. The lowest BCUT2D eigenvalue weighted by Crippen LogP contribution is -2.61. The van der Waals surface area contributed by atoms with Crippen LogP contribution in [0.25, 0.3) is 0 Å². The van der Waals surface area contributed by atoms with Crippen LogP contribution < -0.4 is 0 Å². The molecule has 3 heterocycles. The average Bonchev–Trinajstić information content (AvgIpc) is 3.09. The van der Waals surface area contributed by atoms with Crippen molar-refractivity contribution in [3.8, 4) is 0 Å². The van der Waals surface area contributed by atoms with Crippen LogP contribution in [0.1, 0.15) is 58.3 Å². The number of carbonyl (C=O) groups excluding carboxylic acids is 1. The van der Waals surface area contributed by atoms with E-state index in [1.165, 1.54) is 38.5 Å². The molecule has 0 aromatic carbocycles. The van der Waals surface area contributed by atoms with Gasteiger partial charge in [0.1, 0.15) is 0 Å². The minimum Gasteiger partial charge on any atom is -0.462 e. The highest BCUT2D eigenvalue weighted by Crippen LogP contribution is 2.52. The fourth-order valence-electron chi connectivity index (χ4n) is 6.10. The van der Waals surface area contributed by atoms with E-state index in [0.29, 0.717) is 35.9 Å². The number of halogens is 1. The topological polar surface area (TPSA) is 49.8 Å². The van der Waals surface area contributed by atoms with Gasteiger partial charge in [0, 0.05) is 35.2 Å². The van der Waals surface area contributed by atoms with Gasteiger partial charge >= 0.3 is 5.97 Å². The van der Waals surface area contributed by atoms with E-state index in [0.717, 1.165) is 12.0 Å². The highest BCUT2D eigenvalue weighted by molar-refractivity contribution is 6.29. The molecule has 4 rings (SSSR count). The second-order valence-electron chi connectivity index (χ2n) is 8.98. The SMILES string of the molecule is C[C@H]1C=C[C@@H](O)/C=C(/Cl)CCOC(=O)C2=CC[C@H]3CCC[C@]4(CCCC14)N3C2. The van der Waals surface area contributed by atoms with Gasteiger partial charge in [-0.2, -0.15) is 0 Å². The van der Waals surface area contributed by atoms with E-state index in [1.54, 1.807) is 6.08 Å². The molecule has 2 bridgehead atoms. The first-order chi connectivity index (χ1) is 13.5. The van der Waals surface area contributed by atoms with E-state index in [4.69, 9.17) is 16.3 Å². The summed E-state index contributed by atoms with van der Waals surface area (Å²) in [5, 5.41) is 10.8. The molecule has 154 valence electrons. The van der Waals surface area contributed by atoms with Crippen LogP contribution in [-0.2, 0) is 9.53 Å². The van der Waals surface area contributed by atoms with E-state index in [1.807, 2.05) is 6.08 Å². The zero-order chi connectivity index (χ0) is 19.7. The minimum absolute atomic E-state index is 0.172. The summed E-state index contributed by atoms with van der Waals surface area (Å²) >= 11 is 6.22. The van der Waals surface area contributed by atoms with E-state index in [2.05, 4.69) is 24.0 Å². The Morgan fingerprint density at radius 2 is 2.04 bits per heavy atom. The summed E-state index contributed by atoms with van der Waals surface area (Å²) in [6.45, 7) is 3.24. The van der Waals surface area contributed by atoms with Crippen LogP contribution in [0.5, 0.6) is 0 Å². The smallest absolute Gasteiger partial charge is 0.335 e. The summed E-state index contributed by atoms with van der Waals surface area (Å²) in [5.74, 6) is 0.730. The molecule has 0 radical (unpaired) electrons. The standard InChI is InChI=1S/C23H32ClNO3/c1-16-6-9-20(26)14-18(24)10-13-28-22(27)17-7-8-19-4-2-11-23(25(19)15-17)12-3-5-21(16)23/h6-7,9,14,16,19-21,26H,2-5,8,10-13,15H2,1H3/b9-6?,18-14+/t16-,19+,20+,21?,23+/m0/s1. The molecule has 5 heteroatoms. The Morgan fingerprint density at radius 3 is 2.86 bits per heavy atom. The maximum absolute atomic E-state index is 12.7. The number of hydrogen-bond acceptors (Lipinski definition) is 4. The number of piperidine rings is 1. The maximum Gasteiger partial charge on any atom is 0.335 e. The van der Waals surface area contributed by atoms with Crippen molar-refractivity contribution in [2.75, 3.05) is 13.2 Å². The van der Waals surface area contributed by atoms with Gasteiger partial charge < -0.3 is 9.84 Å². The molecule has 4 aliphatic rings. The first-order valence-electron chi connectivity index (χ1n) is 10.8. The predicted molar refractivity (Wildman–Crippen MR) is 111 cm³/mol. The zero-order valence-electron chi connectivity index (χ0n) is 16.8. The number of rotatable bonds is 0. The van der Waals surface area contributed by atoms with Crippen molar-refractivity contribution in [2.45, 2.75) is 76.0 Å². The molecule has 1 saturated heterocycles. The summed E-state index contributed by atoms with van der Waals surface area (Å²) in [4.78, 5) is 15.3. The lowest BCUT2D eigenvalue weighted by molar-refractivity contribution is -0.140. The van der Waals surface area contributed by atoms with Crippen molar-refractivity contribution in [3.05, 3.63) is 34.9 Å². The van der Waals surface area contributed by atoms with Crippen LogP contribution in [0.4, 0.5) is 0 Å². The van der Waals surface area contributed by atoms with E-state index in [-0.39, 0.29) is 18.1 Å². The molecule has 0 amide bonds. The van der Waals surface area contributed by atoms with Gasteiger partial charge in [0.05, 0.1) is 12.7 Å². The summed E-state index contributed by atoms with van der Waals surface area (Å²) in [6, 6.07) is 0.541. The molecule has 3 aliphatic heterocycles. The lowest BCUT2D eigenvalue weighted by atomic mass is 9.70. The normalized spacial score (nSPS) is 41.8. The Labute approximate surface area is 173 Å². The average molecular weight is 406 g/mol. The molecule has 28 heavy (non-hydrogen) atoms. The highest BCUT2D eigenvalue weighted by Gasteiger charge is 2.52. The summed E-state index contributed by atoms with van der Waals surface area (Å²) < 4.78 is 5.50. The molecule has 5 atom stereocenters. The molecular formula is C23H32ClNO3. The van der Waals surface area contributed by atoms with Gasteiger partial charge in [-0.15, -0.1) is 0 Å². The molecule has 1 spiro atoms. The van der Waals surface area contributed by atoms with E-state index >= 15 is 0 Å².